The van der Waals surface area contributed by atoms with Gasteiger partial charge in [0.25, 0.3) is 0 Å². The summed E-state index contributed by atoms with van der Waals surface area (Å²) >= 11 is 0. The third kappa shape index (κ3) is 3.73. The number of hydrogen-bond acceptors (Lipinski definition) is 3. The summed E-state index contributed by atoms with van der Waals surface area (Å²) in [5, 5.41) is 15.9. The number of ether oxygens (including phenoxy) is 1. The van der Waals surface area contributed by atoms with Crippen molar-refractivity contribution in [3.63, 3.8) is 0 Å². The lowest BCUT2D eigenvalue weighted by Crippen LogP contribution is -2.52. The summed E-state index contributed by atoms with van der Waals surface area (Å²) < 4.78 is 5.55. The molecule has 0 unspecified atom stereocenters. The predicted molar refractivity (Wildman–Crippen MR) is 93.1 cm³/mol. The Bertz CT molecular complexity index is 578. The molecule has 0 spiro atoms. The van der Waals surface area contributed by atoms with E-state index in [1.54, 1.807) is 0 Å². The van der Waals surface area contributed by atoms with Gasteiger partial charge in [0, 0.05) is 31.7 Å². The predicted octanol–water partition coefficient (Wildman–Crippen LogP) is 2.26. The van der Waals surface area contributed by atoms with Crippen molar-refractivity contribution in [2.75, 3.05) is 26.3 Å². The van der Waals surface area contributed by atoms with Gasteiger partial charge >= 0.3 is 6.03 Å². The zero-order valence-electron chi connectivity index (χ0n) is 14.4. The minimum atomic E-state index is -0.691. The van der Waals surface area contributed by atoms with Crippen LogP contribution in [0.3, 0.4) is 0 Å². The SMILES string of the molecule is Cc1ccccc1C1(CNC(=O)NCC2(O)CCC2)CCOCC1. The fraction of sp³-hybridized carbons (Fsp3) is 0.632. The summed E-state index contributed by atoms with van der Waals surface area (Å²) in [5.74, 6) is 0. The maximum absolute atomic E-state index is 12.2. The Morgan fingerprint density at radius 3 is 2.42 bits per heavy atom. The number of aliphatic hydroxyl groups is 1. The second kappa shape index (κ2) is 7.11. The van der Waals surface area contributed by atoms with E-state index in [9.17, 15) is 9.90 Å². The lowest BCUT2D eigenvalue weighted by atomic mass is 9.72. The molecule has 2 aliphatic rings. The molecule has 24 heavy (non-hydrogen) atoms. The molecule has 5 nitrogen and oxygen atoms in total. The molecule has 1 saturated heterocycles. The fourth-order valence-electron chi connectivity index (χ4n) is 3.79. The average Bonchev–Trinajstić information content (AvgIpc) is 2.57. The van der Waals surface area contributed by atoms with E-state index in [2.05, 4.69) is 35.8 Å². The largest absolute Gasteiger partial charge is 0.388 e. The zero-order chi connectivity index (χ0) is 17.0. The summed E-state index contributed by atoms with van der Waals surface area (Å²) in [6, 6.07) is 8.20. The highest BCUT2D eigenvalue weighted by Gasteiger charge is 2.37. The smallest absolute Gasteiger partial charge is 0.314 e. The van der Waals surface area contributed by atoms with E-state index in [1.807, 2.05) is 6.07 Å². The van der Waals surface area contributed by atoms with Crippen molar-refractivity contribution >= 4 is 6.03 Å². The molecule has 5 heteroatoms. The molecule has 2 fully saturated rings. The van der Waals surface area contributed by atoms with E-state index >= 15 is 0 Å². The molecule has 2 amide bonds. The first kappa shape index (κ1) is 17.2. The molecule has 3 N–H and O–H groups in total. The Morgan fingerprint density at radius 1 is 1.12 bits per heavy atom. The van der Waals surface area contributed by atoms with E-state index in [1.165, 1.54) is 11.1 Å². The summed E-state index contributed by atoms with van der Waals surface area (Å²) in [6.45, 7) is 4.48. The summed E-state index contributed by atoms with van der Waals surface area (Å²) in [7, 11) is 0. The van der Waals surface area contributed by atoms with Gasteiger partial charge in [0.15, 0.2) is 0 Å². The number of hydrogen-bond donors (Lipinski definition) is 3. The molecule has 1 saturated carbocycles. The van der Waals surface area contributed by atoms with Crippen molar-refractivity contribution in [2.24, 2.45) is 0 Å². The molecule has 1 aliphatic heterocycles. The Kier molecular flexibility index (Phi) is 5.11. The van der Waals surface area contributed by atoms with Crippen LogP contribution in [0.25, 0.3) is 0 Å². The van der Waals surface area contributed by atoms with Gasteiger partial charge in [-0.15, -0.1) is 0 Å². The first-order valence-electron chi connectivity index (χ1n) is 8.91. The third-order valence-electron chi connectivity index (χ3n) is 5.62. The molecule has 0 bridgehead atoms. The number of benzene rings is 1. The van der Waals surface area contributed by atoms with E-state index in [0.717, 1.165) is 45.3 Å². The van der Waals surface area contributed by atoms with Crippen LogP contribution in [0.15, 0.2) is 24.3 Å². The molecule has 0 atom stereocenters. The monoisotopic (exact) mass is 332 g/mol. The van der Waals surface area contributed by atoms with Gasteiger partial charge in [-0.1, -0.05) is 24.3 Å². The van der Waals surface area contributed by atoms with Crippen LogP contribution in [0.4, 0.5) is 4.79 Å². The molecule has 1 heterocycles. The number of carbonyl (C=O) groups excluding carboxylic acids is 1. The number of aryl methyl sites for hydroxylation is 1. The standard InChI is InChI=1S/C19H28N2O3/c1-15-5-2-3-6-16(15)18(9-11-24-12-10-18)13-20-17(22)21-14-19(23)7-4-8-19/h2-3,5-6,23H,4,7-14H2,1H3,(H2,20,21,22). The van der Waals surface area contributed by atoms with E-state index in [4.69, 9.17) is 4.74 Å². The van der Waals surface area contributed by atoms with Gasteiger partial charge in [-0.3, -0.25) is 0 Å². The molecular formula is C19H28N2O3. The maximum atomic E-state index is 12.2. The lowest BCUT2D eigenvalue weighted by Gasteiger charge is -2.39. The van der Waals surface area contributed by atoms with Crippen molar-refractivity contribution in [1.29, 1.82) is 0 Å². The summed E-state index contributed by atoms with van der Waals surface area (Å²) in [6.07, 6.45) is 4.40. The van der Waals surface area contributed by atoms with E-state index in [0.29, 0.717) is 13.1 Å². The summed E-state index contributed by atoms with van der Waals surface area (Å²) in [5.41, 5.74) is 1.79. The molecule has 132 valence electrons. The van der Waals surface area contributed by atoms with E-state index in [-0.39, 0.29) is 11.4 Å². The van der Waals surface area contributed by atoms with Crippen molar-refractivity contribution < 1.29 is 14.6 Å². The number of amides is 2. The Balaban J connectivity index is 1.62. The summed E-state index contributed by atoms with van der Waals surface area (Å²) in [4.78, 5) is 12.2. The second-order valence-corrected chi connectivity index (χ2v) is 7.32. The molecule has 0 aromatic heterocycles. The van der Waals surface area contributed by atoms with Gasteiger partial charge in [-0.05, 0) is 50.2 Å². The van der Waals surface area contributed by atoms with Gasteiger partial charge in [-0.25, -0.2) is 4.79 Å². The molecular weight excluding hydrogens is 304 g/mol. The average molecular weight is 332 g/mol. The first-order chi connectivity index (χ1) is 11.5. The molecule has 1 aromatic carbocycles. The van der Waals surface area contributed by atoms with Crippen LogP contribution < -0.4 is 10.6 Å². The number of carbonyl (C=O) groups is 1. The van der Waals surface area contributed by atoms with Crippen LogP contribution >= 0.6 is 0 Å². The van der Waals surface area contributed by atoms with E-state index < -0.39 is 5.60 Å². The highest BCUT2D eigenvalue weighted by molar-refractivity contribution is 5.74. The van der Waals surface area contributed by atoms with Crippen molar-refractivity contribution in [2.45, 2.75) is 50.0 Å². The zero-order valence-corrected chi connectivity index (χ0v) is 14.4. The molecule has 1 aromatic rings. The third-order valence-corrected chi connectivity index (χ3v) is 5.62. The Labute approximate surface area is 143 Å². The number of urea groups is 1. The Morgan fingerprint density at radius 2 is 1.79 bits per heavy atom. The van der Waals surface area contributed by atoms with Crippen LogP contribution in [0.5, 0.6) is 0 Å². The van der Waals surface area contributed by atoms with Crippen LogP contribution in [-0.2, 0) is 10.2 Å². The number of rotatable bonds is 5. The maximum Gasteiger partial charge on any atom is 0.314 e. The van der Waals surface area contributed by atoms with Crippen molar-refractivity contribution in [3.8, 4) is 0 Å². The van der Waals surface area contributed by atoms with Gasteiger partial charge in [0.1, 0.15) is 0 Å². The van der Waals surface area contributed by atoms with Gasteiger partial charge in [0.05, 0.1) is 5.60 Å². The minimum absolute atomic E-state index is 0.0751. The van der Waals surface area contributed by atoms with Gasteiger partial charge in [-0.2, -0.15) is 0 Å². The highest BCUT2D eigenvalue weighted by Crippen LogP contribution is 2.36. The number of nitrogens with one attached hydrogen (secondary N) is 2. The van der Waals surface area contributed by atoms with Gasteiger partial charge in [0.2, 0.25) is 0 Å². The van der Waals surface area contributed by atoms with Crippen LogP contribution in [-0.4, -0.2) is 43.0 Å². The topological polar surface area (TPSA) is 70.6 Å². The lowest BCUT2D eigenvalue weighted by molar-refractivity contribution is -0.0290. The fourth-order valence-corrected chi connectivity index (χ4v) is 3.79. The highest BCUT2D eigenvalue weighted by atomic mass is 16.5. The van der Waals surface area contributed by atoms with Crippen LogP contribution in [0.1, 0.15) is 43.2 Å². The second-order valence-electron chi connectivity index (χ2n) is 7.32. The van der Waals surface area contributed by atoms with Gasteiger partial charge < -0.3 is 20.5 Å². The molecule has 1 aliphatic carbocycles. The quantitative estimate of drug-likeness (QED) is 0.774. The minimum Gasteiger partial charge on any atom is -0.388 e. The van der Waals surface area contributed by atoms with Crippen molar-refractivity contribution in [3.05, 3.63) is 35.4 Å². The Hall–Kier alpha value is -1.59. The van der Waals surface area contributed by atoms with Crippen LogP contribution in [0.2, 0.25) is 0 Å². The van der Waals surface area contributed by atoms with Crippen molar-refractivity contribution in [1.82, 2.24) is 10.6 Å². The normalized spacial score (nSPS) is 21.6. The van der Waals surface area contributed by atoms with Crippen LogP contribution in [0, 0.1) is 6.92 Å². The molecule has 3 rings (SSSR count). The first-order valence-corrected chi connectivity index (χ1v) is 8.91. The molecule has 0 radical (unpaired) electrons.